The molecule has 0 fully saturated rings. The largest absolute Gasteiger partial charge is 0.493 e. The number of aromatic amines is 1. The number of hydrogen-bond donors (Lipinski definition) is 2. The summed E-state index contributed by atoms with van der Waals surface area (Å²) in [5.41, 5.74) is 2.53. The minimum absolute atomic E-state index is 0.202. The van der Waals surface area contributed by atoms with Gasteiger partial charge in [0.25, 0.3) is 11.5 Å². The zero-order chi connectivity index (χ0) is 26.5. The molecule has 0 saturated heterocycles. The second kappa shape index (κ2) is 11.1. The molecule has 9 nitrogen and oxygen atoms in total. The highest BCUT2D eigenvalue weighted by molar-refractivity contribution is 7.13. The number of amides is 1. The van der Waals surface area contributed by atoms with Gasteiger partial charge in [-0.15, -0.1) is 11.3 Å². The van der Waals surface area contributed by atoms with Gasteiger partial charge in [-0.1, -0.05) is 48.5 Å². The smallest absolute Gasteiger partial charge is 0.263 e. The topological polar surface area (TPSA) is 111 Å². The summed E-state index contributed by atoms with van der Waals surface area (Å²) < 4.78 is 12.4. The van der Waals surface area contributed by atoms with Crippen LogP contribution in [-0.2, 0) is 11.2 Å². The van der Waals surface area contributed by atoms with E-state index in [-0.39, 0.29) is 18.1 Å². The van der Waals surface area contributed by atoms with E-state index in [9.17, 15) is 9.59 Å². The number of para-hydroxylation sites is 2. The maximum atomic E-state index is 13.1. The van der Waals surface area contributed by atoms with Crippen molar-refractivity contribution in [2.75, 3.05) is 19.0 Å². The molecular weight excluding hydrogens is 502 g/mol. The number of rotatable bonds is 9. The number of aryl methyl sites for hydroxylation is 1. The van der Waals surface area contributed by atoms with Crippen molar-refractivity contribution in [1.29, 1.82) is 0 Å². The van der Waals surface area contributed by atoms with Crippen molar-refractivity contribution in [3.05, 3.63) is 105 Å². The monoisotopic (exact) mass is 527 g/mol. The van der Waals surface area contributed by atoms with E-state index in [2.05, 4.69) is 20.4 Å². The van der Waals surface area contributed by atoms with Crippen molar-refractivity contribution in [1.82, 2.24) is 19.7 Å². The van der Waals surface area contributed by atoms with Crippen molar-refractivity contribution in [3.63, 3.8) is 0 Å². The first kappa shape index (κ1) is 25.0. The number of ether oxygens (including phenoxy) is 2. The Bertz CT molecular complexity index is 1610. The lowest BCUT2D eigenvalue weighted by molar-refractivity contribution is -0.118. The van der Waals surface area contributed by atoms with Crippen molar-refractivity contribution >= 4 is 23.1 Å². The second-order valence-corrected chi connectivity index (χ2v) is 9.36. The summed E-state index contributed by atoms with van der Waals surface area (Å²) in [5, 5.41) is 9.41. The highest BCUT2D eigenvalue weighted by Gasteiger charge is 2.18. The zero-order valence-corrected chi connectivity index (χ0v) is 21.6. The van der Waals surface area contributed by atoms with Crippen LogP contribution in [-0.4, -0.2) is 39.4 Å². The molecule has 192 valence electrons. The fourth-order valence-corrected chi connectivity index (χ4v) is 4.62. The highest BCUT2D eigenvalue weighted by atomic mass is 32.1. The average molecular weight is 528 g/mol. The van der Waals surface area contributed by atoms with Crippen LogP contribution in [0.2, 0.25) is 0 Å². The van der Waals surface area contributed by atoms with E-state index in [1.807, 2.05) is 53.9 Å². The van der Waals surface area contributed by atoms with Gasteiger partial charge in [-0.3, -0.25) is 14.6 Å². The number of carbonyl (C=O) groups excluding carboxylic acids is 1. The summed E-state index contributed by atoms with van der Waals surface area (Å²) in [5.74, 6) is 1.12. The van der Waals surface area contributed by atoms with E-state index in [0.29, 0.717) is 40.7 Å². The van der Waals surface area contributed by atoms with Gasteiger partial charge in [-0.05, 0) is 36.1 Å². The maximum absolute atomic E-state index is 13.1. The van der Waals surface area contributed by atoms with Gasteiger partial charge in [0.15, 0.2) is 18.1 Å². The fraction of sp³-hybridized carbons (Fsp3) is 0.143. The van der Waals surface area contributed by atoms with Gasteiger partial charge in [0, 0.05) is 18.1 Å². The standard InChI is InChI=1S/C28H25N5O4S/c1-18-20(15-19-9-4-3-5-10-19)27(35)31-28(29-18)33-25(16-21(32-33)24-13-8-14-38-24)30-26(34)17-37-23-12-7-6-11-22(23)36-2/h3-14,16H,15,17H2,1-2H3,(H,30,34)(H,29,31,35). The van der Waals surface area contributed by atoms with E-state index < -0.39 is 5.91 Å². The normalized spacial score (nSPS) is 10.8. The van der Waals surface area contributed by atoms with Crippen LogP contribution in [0.3, 0.4) is 0 Å². The van der Waals surface area contributed by atoms with Gasteiger partial charge < -0.3 is 14.8 Å². The number of nitrogens with zero attached hydrogens (tertiary/aromatic N) is 3. The molecule has 5 rings (SSSR count). The molecule has 0 aliphatic carbocycles. The zero-order valence-electron chi connectivity index (χ0n) is 20.8. The Hall–Kier alpha value is -4.70. The molecule has 3 aromatic heterocycles. The molecular formula is C28H25N5O4S. The summed E-state index contributed by atoms with van der Waals surface area (Å²) in [7, 11) is 1.54. The van der Waals surface area contributed by atoms with Crippen LogP contribution in [0.4, 0.5) is 5.82 Å². The van der Waals surface area contributed by atoms with E-state index >= 15 is 0 Å². The van der Waals surface area contributed by atoms with Gasteiger partial charge in [0.05, 0.1) is 17.7 Å². The minimum atomic E-state index is -0.408. The lowest BCUT2D eigenvalue weighted by atomic mass is 10.1. The number of benzene rings is 2. The minimum Gasteiger partial charge on any atom is -0.493 e. The fourth-order valence-electron chi connectivity index (χ4n) is 3.94. The Morgan fingerprint density at radius 1 is 1.05 bits per heavy atom. The summed E-state index contributed by atoms with van der Waals surface area (Å²) in [6.07, 6.45) is 0.457. The summed E-state index contributed by atoms with van der Waals surface area (Å²) in [6, 6.07) is 22.4. The second-order valence-electron chi connectivity index (χ2n) is 8.41. The van der Waals surface area contributed by atoms with Crippen LogP contribution in [0.25, 0.3) is 16.5 Å². The van der Waals surface area contributed by atoms with Crippen molar-refractivity contribution in [3.8, 4) is 28.0 Å². The molecule has 0 bridgehead atoms. The molecule has 2 N–H and O–H groups in total. The van der Waals surface area contributed by atoms with Crippen LogP contribution in [0.15, 0.2) is 83.0 Å². The van der Waals surface area contributed by atoms with Crippen molar-refractivity contribution in [2.24, 2.45) is 0 Å². The van der Waals surface area contributed by atoms with Crippen LogP contribution < -0.4 is 20.3 Å². The number of hydrogen-bond acceptors (Lipinski definition) is 7. The van der Waals surface area contributed by atoms with E-state index in [4.69, 9.17) is 9.47 Å². The Kier molecular flexibility index (Phi) is 7.32. The van der Waals surface area contributed by atoms with Gasteiger partial charge in [0.2, 0.25) is 5.95 Å². The number of anilines is 1. The molecule has 0 saturated carbocycles. The number of aromatic nitrogens is 4. The number of thiophene rings is 1. The third-order valence-corrected chi connectivity index (χ3v) is 6.70. The average Bonchev–Trinajstić information content (AvgIpc) is 3.61. The van der Waals surface area contributed by atoms with Crippen molar-refractivity contribution in [2.45, 2.75) is 13.3 Å². The molecule has 0 unspecified atom stereocenters. The summed E-state index contributed by atoms with van der Waals surface area (Å²) in [4.78, 5) is 34.3. The Labute approximate surface area is 222 Å². The molecule has 0 radical (unpaired) electrons. The third kappa shape index (κ3) is 5.50. The van der Waals surface area contributed by atoms with E-state index in [0.717, 1.165) is 10.4 Å². The Balaban J connectivity index is 1.43. The molecule has 0 atom stereocenters. The third-order valence-electron chi connectivity index (χ3n) is 5.81. The lowest BCUT2D eigenvalue weighted by Crippen LogP contribution is -2.24. The maximum Gasteiger partial charge on any atom is 0.263 e. The number of carbonyl (C=O) groups is 1. The van der Waals surface area contributed by atoms with E-state index in [1.54, 1.807) is 31.2 Å². The van der Waals surface area contributed by atoms with Gasteiger partial charge in [-0.2, -0.15) is 9.78 Å². The number of H-pyrrole nitrogens is 1. The van der Waals surface area contributed by atoms with E-state index in [1.165, 1.54) is 23.1 Å². The predicted octanol–water partition coefficient (Wildman–Crippen LogP) is 4.61. The first-order chi connectivity index (χ1) is 18.5. The van der Waals surface area contributed by atoms with Crippen LogP contribution in [0.1, 0.15) is 16.8 Å². The van der Waals surface area contributed by atoms with Gasteiger partial charge >= 0.3 is 0 Å². The van der Waals surface area contributed by atoms with Crippen molar-refractivity contribution < 1.29 is 14.3 Å². The highest BCUT2D eigenvalue weighted by Crippen LogP contribution is 2.28. The van der Waals surface area contributed by atoms with Crippen LogP contribution in [0, 0.1) is 6.92 Å². The number of nitrogens with one attached hydrogen (secondary N) is 2. The Morgan fingerprint density at radius 3 is 2.53 bits per heavy atom. The molecule has 1 amide bonds. The van der Waals surface area contributed by atoms with Crippen LogP contribution >= 0.6 is 11.3 Å². The first-order valence-electron chi connectivity index (χ1n) is 11.9. The molecule has 0 spiro atoms. The lowest BCUT2D eigenvalue weighted by Gasteiger charge is -2.12. The SMILES string of the molecule is COc1ccccc1OCC(=O)Nc1cc(-c2cccs2)nn1-c1nc(C)c(Cc2ccccc2)c(=O)[nH]1. The molecule has 0 aliphatic heterocycles. The molecule has 2 aromatic carbocycles. The molecule has 0 aliphatic rings. The Morgan fingerprint density at radius 2 is 1.82 bits per heavy atom. The molecule has 10 heteroatoms. The molecule has 38 heavy (non-hydrogen) atoms. The summed E-state index contributed by atoms with van der Waals surface area (Å²) >= 11 is 1.51. The van der Waals surface area contributed by atoms with Crippen LogP contribution in [0.5, 0.6) is 11.5 Å². The quantitative estimate of drug-likeness (QED) is 0.290. The van der Waals surface area contributed by atoms with Gasteiger partial charge in [-0.25, -0.2) is 4.98 Å². The molecule has 3 heterocycles. The first-order valence-corrected chi connectivity index (χ1v) is 12.7. The number of methoxy groups -OCH3 is 1. The summed E-state index contributed by atoms with van der Waals surface area (Å²) in [6.45, 7) is 1.54. The predicted molar refractivity (Wildman–Crippen MR) is 146 cm³/mol. The van der Waals surface area contributed by atoms with Gasteiger partial charge in [0.1, 0.15) is 11.5 Å². The molecule has 5 aromatic rings.